The van der Waals surface area contributed by atoms with Gasteiger partial charge in [-0.05, 0) is 34.8 Å². The van der Waals surface area contributed by atoms with Crippen LogP contribution in [0.25, 0.3) is 0 Å². The predicted octanol–water partition coefficient (Wildman–Crippen LogP) is 4.87. The highest BCUT2D eigenvalue weighted by atomic mass is 35.5. The molecule has 1 nitrogen and oxygen atoms in total. The normalized spacial score (nSPS) is 18.4. The van der Waals surface area contributed by atoms with Crippen LogP contribution in [0.2, 0.25) is 0 Å². The molecule has 1 saturated carbocycles. The van der Waals surface area contributed by atoms with Gasteiger partial charge in [-0.25, -0.2) is 0 Å². The van der Waals surface area contributed by atoms with Crippen LogP contribution in [0.3, 0.4) is 0 Å². The van der Waals surface area contributed by atoms with Gasteiger partial charge >= 0.3 is 0 Å². The van der Waals surface area contributed by atoms with Crippen LogP contribution in [0.5, 0.6) is 0 Å². The van der Waals surface area contributed by atoms with Gasteiger partial charge in [-0.2, -0.15) is 0 Å². The lowest BCUT2D eigenvalue weighted by molar-refractivity contribution is 0.320. The molecule has 2 rings (SSSR count). The third-order valence-corrected chi connectivity index (χ3v) is 5.16. The maximum absolute atomic E-state index is 6.18. The number of benzene rings is 1. The van der Waals surface area contributed by atoms with Gasteiger partial charge in [0.1, 0.15) is 0 Å². The molecule has 0 radical (unpaired) electrons. The minimum Gasteiger partial charge on any atom is -0.312 e. The summed E-state index contributed by atoms with van der Waals surface area (Å²) in [7, 11) is 0. The summed E-state index contributed by atoms with van der Waals surface area (Å²) in [5, 5.41) is 3.61. The van der Waals surface area contributed by atoms with Crippen LogP contribution in [0.4, 0.5) is 0 Å². The Morgan fingerprint density at radius 3 is 2.20 bits per heavy atom. The van der Waals surface area contributed by atoms with E-state index in [1.807, 2.05) is 0 Å². The fourth-order valence-corrected chi connectivity index (χ4v) is 3.44. The number of nitrogens with one attached hydrogen (secondary N) is 1. The van der Waals surface area contributed by atoms with Crippen molar-refractivity contribution in [1.82, 2.24) is 5.32 Å². The second-order valence-electron chi connectivity index (χ2n) is 7.39. The van der Waals surface area contributed by atoms with Gasteiger partial charge in [0, 0.05) is 19.0 Å². The molecule has 1 aliphatic carbocycles. The van der Waals surface area contributed by atoms with Crippen molar-refractivity contribution in [3.05, 3.63) is 35.4 Å². The number of halogens is 1. The molecule has 1 aromatic rings. The zero-order valence-corrected chi connectivity index (χ0v) is 13.9. The first kappa shape index (κ1) is 15.9. The first-order valence-electron chi connectivity index (χ1n) is 7.81. The van der Waals surface area contributed by atoms with Crippen LogP contribution in [-0.4, -0.2) is 12.4 Å². The van der Waals surface area contributed by atoms with E-state index in [0.29, 0.717) is 5.41 Å². The maximum Gasteiger partial charge on any atom is 0.0292 e. The van der Waals surface area contributed by atoms with Crippen molar-refractivity contribution in [3.8, 4) is 0 Å². The Labute approximate surface area is 129 Å². The SMILES string of the molecule is CC(C)(C)c1ccc(CNCC2(CCl)CCCC2)cc1. The highest BCUT2D eigenvalue weighted by molar-refractivity contribution is 6.18. The Hall–Kier alpha value is -0.530. The zero-order valence-electron chi connectivity index (χ0n) is 13.1. The van der Waals surface area contributed by atoms with Gasteiger partial charge in [0.25, 0.3) is 0 Å². The van der Waals surface area contributed by atoms with E-state index in [1.165, 1.54) is 36.8 Å². The first-order valence-corrected chi connectivity index (χ1v) is 8.35. The van der Waals surface area contributed by atoms with E-state index in [-0.39, 0.29) is 5.41 Å². The molecule has 0 saturated heterocycles. The lowest BCUT2D eigenvalue weighted by atomic mass is 9.86. The van der Waals surface area contributed by atoms with Gasteiger partial charge < -0.3 is 5.32 Å². The lowest BCUT2D eigenvalue weighted by Gasteiger charge is -2.26. The van der Waals surface area contributed by atoms with Crippen molar-refractivity contribution < 1.29 is 0 Å². The summed E-state index contributed by atoms with van der Waals surface area (Å²) in [4.78, 5) is 0. The smallest absolute Gasteiger partial charge is 0.0292 e. The fraction of sp³-hybridized carbons (Fsp3) is 0.667. The van der Waals surface area contributed by atoms with Crippen molar-refractivity contribution in [2.75, 3.05) is 12.4 Å². The van der Waals surface area contributed by atoms with Crippen molar-refractivity contribution in [3.63, 3.8) is 0 Å². The van der Waals surface area contributed by atoms with Gasteiger partial charge in [0.15, 0.2) is 0 Å². The molecule has 0 heterocycles. The largest absolute Gasteiger partial charge is 0.312 e. The second kappa shape index (κ2) is 6.49. The summed E-state index contributed by atoms with van der Waals surface area (Å²) in [5.74, 6) is 0.795. The molecule has 0 atom stereocenters. The molecule has 1 fully saturated rings. The van der Waals surface area contributed by atoms with Gasteiger partial charge in [0.2, 0.25) is 0 Å². The highest BCUT2D eigenvalue weighted by Gasteiger charge is 2.32. The molecule has 112 valence electrons. The molecule has 0 unspecified atom stereocenters. The highest BCUT2D eigenvalue weighted by Crippen LogP contribution is 2.38. The number of hydrogen-bond acceptors (Lipinski definition) is 1. The minimum atomic E-state index is 0.235. The fourth-order valence-electron chi connectivity index (χ4n) is 3.08. The molecule has 20 heavy (non-hydrogen) atoms. The van der Waals surface area contributed by atoms with Gasteiger partial charge in [0.05, 0.1) is 0 Å². The summed E-state index contributed by atoms with van der Waals surface area (Å²) in [6.07, 6.45) is 5.25. The number of hydrogen-bond donors (Lipinski definition) is 1. The van der Waals surface area contributed by atoms with Gasteiger partial charge in [-0.3, -0.25) is 0 Å². The average molecular weight is 294 g/mol. The van der Waals surface area contributed by atoms with Crippen LogP contribution >= 0.6 is 11.6 Å². The molecule has 0 bridgehead atoms. The maximum atomic E-state index is 6.18. The molecule has 0 amide bonds. The molecule has 1 aliphatic rings. The van der Waals surface area contributed by atoms with Crippen LogP contribution < -0.4 is 5.32 Å². The Morgan fingerprint density at radius 1 is 1.10 bits per heavy atom. The molecule has 1 aromatic carbocycles. The predicted molar refractivity (Wildman–Crippen MR) is 88.5 cm³/mol. The minimum absolute atomic E-state index is 0.235. The monoisotopic (exact) mass is 293 g/mol. The first-order chi connectivity index (χ1) is 9.45. The van der Waals surface area contributed by atoms with Crippen molar-refractivity contribution in [2.45, 2.75) is 58.4 Å². The molecule has 0 aromatic heterocycles. The quantitative estimate of drug-likeness (QED) is 0.764. The van der Waals surface area contributed by atoms with E-state index >= 15 is 0 Å². The average Bonchev–Trinajstić information content (AvgIpc) is 2.88. The molecule has 0 aliphatic heterocycles. The van der Waals surface area contributed by atoms with Gasteiger partial charge in [-0.15, -0.1) is 11.6 Å². The number of alkyl halides is 1. The Bertz CT molecular complexity index is 410. The van der Waals surface area contributed by atoms with E-state index in [2.05, 4.69) is 50.4 Å². The van der Waals surface area contributed by atoms with Crippen molar-refractivity contribution >= 4 is 11.6 Å². The third-order valence-electron chi connectivity index (χ3n) is 4.60. The Kier molecular flexibility index (Phi) is 5.14. The van der Waals surface area contributed by atoms with Crippen molar-refractivity contribution in [1.29, 1.82) is 0 Å². The Balaban J connectivity index is 1.85. The van der Waals surface area contributed by atoms with E-state index in [9.17, 15) is 0 Å². The summed E-state index contributed by atoms with van der Waals surface area (Å²) in [6.45, 7) is 8.76. The molecule has 2 heteroatoms. The lowest BCUT2D eigenvalue weighted by Crippen LogP contribution is -2.33. The second-order valence-corrected chi connectivity index (χ2v) is 7.66. The zero-order chi connectivity index (χ0) is 14.6. The van der Waals surface area contributed by atoms with Crippen LogP contribution in [0.1, 0.15) is 57.6 Å². The summed E-state index contributed by atoms with van der Waals surface area (Å²) >= 11 is 6.18. The summed E-state index contributed by atoms with van der Waals surface area (Å²) < 4.78 is 0. The summed E-state index contributed by atoms with van der Waals surface area (Å²) in [5.41, 5.74) is 3.35. The van der Waals surface area contributed by atoms with E-state index in [0.717, 1.165) is 19.0 Å². The summed E-state index contributed by atoms with van der Waals surface area (Å²) in [6, 6.07) is 9.00. The molecular formula is C18H28ClN. The molecular weight excluding hydrogens is 266 g/mol. The Morgan fingerprint density at radius 2 is 1.70 bits per heavy atom. The van der Waals surface area contributed by atoms with Crippen LogP contribution in [-0.2, 0) is 12.0 Å². The standard InChI is InChI=1S/C18H28ClN/c1-17(2,3)16-8-6-15(7-9-16)12-20-14-18(13-19)10-4-5-11-18/h6-9,20H,4-5,10-14H2,1-3H3. The molecule has 1 N–H and O–H groups in total. The molecule has 0 spiro atoms. The third kappa shape index (κ3) is 3.99. The van der Waals surface area contributed by atoms with E-state index in [1.54, 1.807) is 0 Å². The van der Waals surface area contributed by atoms with Gasteiger partial charge in [-0.1, -0.05) is 57.9 Å². The van der Waals surface area contributed by atoms with E-state index in [4.69, 9.17) is 11.6 Å². The van der Waals surface area contributed by atoms with Crippen molar-refractivity contribution in [2.24, 2.45) is 5.41 Å². The van der Waals surface area contributed by atoms with Crippen LogP contribution in [0, 0.1) is 5.41 Å². The van der Waals surface area contributed by atoms with Crippen LogP contribution in [0.15, 0.2) is 24.3 Å². The van der Waals surface area contributed by atoms with E-state index < -0.39 is 0 Å². The topological polar surface area (TPSA) is 12.0 Å². The number of rotatable bonds is 5.